The second-order valence-electron chi connectivity index (χ2n) is 2.69. The van der Waals surface area contributed by atoms with Crippen LogP contribution in [0.3, 0.4) is 0 Å². The number of hydrogen-bond acceptors (Lipinski definition) is 4. The molecule has 1 heterocycles. The Hall–Kier alpha value is -0.100. The lowest BCUT2D eigenvalue weighted by Gasteiger charge is -1.98. The molecule has 0 saturated heterocycles. The summed E-state index contributed by atoms with van der Waals surface area (Å²) in [4.78, 5) is 1.21. The minimum Gasteiger partial charge on any atom is -0.141 e. The van der Waals surface area contributed by atoms with E-state index in [9.17, 15) is 0 Å². The third-order valence-corrected chi connectivity index (χ3v) is 4.37. The molecule has 0 atom stereocenters. The van der Waals surface area contributed by atoms with Gasteiger partial charge in [0, 0.05) is 9.37 Å². The van der Waals surface area contributed by atoms with Crippen molar-refractivity contribution in [2.24, 2.45) is 0 Å². The van der Waals surface area contributed by atoms with Gasteiger partial charge in [0.05, 0.1) is 5.75 Å². The molecular formula is C9H6BrClN2S2. The Morgan fingerprint density at radius 3 is 2.60 bits per heavy atom. The van der Waals surface area contributed by atoms with Crippen molar-refractivity contribution >= 4 is 50.6 Å². The van der Waals surface area contributed by atoms with E-state index in [0.717, 1.165) is 15.2 Å². The van der Waals surface area contributed by atoms with Crippen LogP contribution in [-0.2, 0) is 5.75 Å². The number of benzene rings is 1. The van der Waals surface area contributed by atoms with Gasteiger partial charge in [0.1, 0.15) is 5.01 Å². The molecule has 0 aliphatic heterocycles. The Balaban J connectivity index is 1.96. The molecule has 0 bridgehead atoms. The molecule has 0 amide bonds. The van der Waals surface area contributed by atoms with Gasteiger partial charge in [-0.25, -0.2) is 0 Å². The van der Waals surface area contributed by atoms with Crippen LogP contribution in [0.2, 0.25) is 4.47 Å². The molecule has 0 unspecified atom stereocenters. The minimum absolute atomic E-state index is 0.501. The van der Waals surface area contributed by atoms with Crippen molar-refractivity contribution in [3.63, 3.8) is 0 Å². The van der Waals surface area contributed by atoms with Crippen LogP contribution < -0.4 is 0 Å². The molecule has 0 N–H and O–H groups in total. The van der Waals surface area contributed by atoms with Crippen LogP contribution in [0.5, 0.6) is 0 Å². The fourth-order valence-electron chi connectivity index (χ4n) is 0.967. The summed E-state index contributed by atoms with van der Waals surface area (Å²) in [5.41, 5.74) is 0. The summed E-state index contributed by atoms with van der Waals surface area (Å²) in [5, 5.41) is 8.66. The Bertz CT molecular complexity index is 444. The smallest absolute Gasteiger partial charge is 0.141 e. The van der Waals surface area contributed by atoms with Gasteiger partial charge in [-0.1, -0.05) is 27.3 Å². The molecule has 1 aromatic carbocycles. The van der Waals surface area contributed by atoms with E-state index in [1.165, 1.54) is 16.2 Å². The molecule has 15 heavy (non-hydrogen) atoms. The molecule has 2 rings (SSSR count). The van der Waals surface area contributed by atoms with Crippen LogP contribution in [0.1, 0.15) is 5.01 Å². The normalized spacial score (nSPS) is 10.5. The van der Waals surface area contributed by atoms with Gasteiger partial charge < -0.3 is 0 Å². The van der Waals surface area contributed by atoms with Crippen LogP contribution in [0.25, 0.3) is 0 Å². The maximum Gasteiger partial charge on any atom is 0.207 e. The number of aromatic nitrogens is 2. The highest BCUT2D eigenvalue weighted by Crippen LogP contribution is 2.26. The second kappa shape index (κ2) is 5.30. The van der Waals surface area contributed by atoms with E-state index in [0.29, 0.717) is 4.47 Å². The number of hydrogen-bond donors (Lipinski definition) is 0. The molecule has 2 aromatic rings. The largest absolute Gasteiger partial charge is 0.207 e. The predicted molar refractivity (Wildman–Crippen MR) is 68.6 cm³/mol. The SMILES string of the molecule is Clc1nnc(CSc2ccc(Br)cc2)s1. The quantitative estimate of drug-likeness (QED) is 0.791. The van der Waals surface area contributed by atoms with E-state index in [1.807, 2.05) is 12.1 Å². The van der Waals surface area contributed by atoms with Gasteiger partial charge in [-0.15, -0.1) is 22.0 Å². The summed E-state index contributed by atoms with van der Waals surface area (Å²) >= 11 is 12.2. The van der Waals surface area contributed by atoms with Gasteiger partial charge in [-0.05, 0) is 35.9 Å². The van der Waals surface area contributed by atoms with Crippen LogP contribution in [-0.4, -0.2) is 10.2 Å². The predicted octanol–water partition coefficient (Wildman–Crippen LogP) is 4.25. The van der Waals surface area contributed by atoms with Crippen molar-refractivity contribution < 1.29 is 0 Å². The highest BCUT2D eigenvalue weighted by atomic mass is 79.9. The van der Waals surface area contributed by atoms with E-state index >= 15 is 0 Å². The Kier molecular flexibility index (Phi) is 4.02. The Morgan fingerprint density at radius 1 is 1.27 bits per heavy atom. The van der Waals surface area contributed by atoms with Gasteiger partial charge in [-0.2, -0.15) is 0 Å². The fourth-order valence-corrected chi connectivity index (χ4v) is 2.98. The van der Waals surface area contributed by atoms with Crippen LogP contribution >= 0.6 is 50.6 Å². The first kappa shape index (κ1) is 11.4. The molecule has 1 aromatic heterocycles. The van der Waals surface area contributed by atoms with Crippen LogP contribution in [0.4, 0.5) is 0 Å². The molecule has 0 aliphatic carbocycles. The maximum atomic E-state index is 5.69. The minimum atomic E-state index is 0.501. The van der Waals surface area contributed by atoms with E-state index in [1.54, 1.807) is 11.8 Å². The third kappa shape index (κ3) is 3.45. The molecule has 0 saturated carbocycles. The van der Waals surface area contributed by atoms with Crippen LogP contribution in [0.15, 0.2) is 33.6 Å². The summed E-state index contributed by atoms with van der Waals surface area (Å²) in [6.45, 7) is 0. The van der Waals surface area contributed by atoms with E-state index in [4.69, 9.17) is 11.6 Å². The van der Waals surface area contributed by atoms with E-state index < -0.39 is 0 Å². The first-order valence-corrected chi connectivity index (χ1v) is 7.07. The summed E-state index contributed by atoms with van der Waals surface area (Å²) in [6.07, 6.45) is 0. The summed E-state index contributed by atoms with van der Waals surface area (Å²) in [6, 6.07) is 8.18. The monoisotopic (exact) mass is 320 g/mol. The molecule has 0 fully saturated rings. The summed E-state index contributed by atoms with van der Waals surface area (Å²) in [7, 11) is 0. The number of nitrogens with zero attached hydrogens (tertiary/aromatic N) is 2. The fraction of sp³-hybridized carbons (Fsp3) is 0.111. The molecule has 6 heteroatoms. The third-order valence-electron chi connectivity index (χ3n) is 1.62. The first-order valence-electron chi connectivity index (χ1n) is 4.10. The van der Waals surface area contributed by atoms with Gasteiger partial charge in [-0.3, -0.25) is 0 Å². The zero-order valence-corrected chi connectivity index (χ0v) is 11.5. The maximum absolute atomic E-state index is 5.69. The molecule has 0 radical (unpaired) electrons. The zero-order valence-electron chi connectivity index (χ0n) is 7.48. The topological polar surface area (TPSA) is 25.8 Å². The molecule has 2 nitrogen and oxygen atoms in total. The van der Waals surface area contributed by atoms with Crippen molar-refractivity contribution in [1.29, 1.82) is 0 Å². The van der Waals surface area contributed by atoms with Gasteiger partial charge in [0.15, 0.2) is 0 Å². The number of thioether (sulfide) groups is 1. The lowest BCUT2D eigenvalue weighted by Crippen LogP contribution is -1.79. The van der Waals surface area contributed by atoms with Crippen molar-refractivity contribution in [3.8, 4) is 0 Å². The van der Waals surface area contributed by atoms with E-state index in [2.05, 4.69) is 38.3 Å². The Labute approximate surface area is 109 Å². The van der Waals surface area contributed by atoms with Crippen LogP contribution in [0, 0.1) is 0 Å². The van der Waals surface area contributed by atoms with Gasteiger partial charge in [0.2, 0.25) is 4.47 Å². The van der Waals surface area contributed by atoms with Crippen molar-refractivity contribution in [2.75, 3.05) is 0 Å². The number of rotatable bonds is 3. The highest BCUT2D eigenvalue weighted by Gasteiger charge is 2.02. The standard InChI is InChI=1S/C9H6BrClN2S2/c10-6-1-3-7(4-2-6)14-5-8-12-13-9(11)15-8/h1-4H,5H2. The average Bonchev–Trinajstić information content (AvgIpc) is 2.64. The lowest BCUT2D eigenvalue weighted by atomic mass is 10.4. The molecule has 0 aliphatic rings. The first-order chi connectivity index (χ1) is 7.24. The highest BCUT2D eigenvalue weighted by molar-refractivity contribution is 9.10. The molecule has 0 spiro atoms. The lowest BCUT2D eigenvalue weighted by molar-refractivity contribution is 1.04. The summed E-state index contributed by atoms with van der Waals surface area (Å²) < 4.78 is 1.59. The van der Waals surface area contributed by atoms with Crippen molar-refractivity contribution in [1.82, 2.24) is 10.2 Å². The van der Waals surface area contributed by atoms with Gasteiger partial charge >= 0.3 is 0 Å². The van der Waals surface area contributed by atoms with Crippen molar-refractivity contribution in [3.05, 3.63) is 38.2 Å². The van der Waals surface area contributed by atoms with Gasteiger partial charge in [0.25, 0.3) is 0 Å². The second-order valence-corrected chi connectivity index (χ2v) is 6.30. The summed E-state index contributed by atoms with van der Waals surface area (Å²) in [5.74, 6) is 0.812. The molecule has 78 valence electrons. The van der Waals surface area contributed by atoms with E-state index in [-0.39, 0.29) is 0 Å². The molecular weight excluding hydrogens is 316 g/mol. The van der Waals surface area contributed by atoms with Crippen molar-refractivity contribution in [2.45, 2.75) is 10.6 Å². The zero-order chi connectivity index (χ0) is 10.7. The average molecular weight is 322 g/mol. The number of halogens is 2. The Morgan fingerprint density at radius 2 is 2.00 bits per heavy atom.